The number of aryl methyl sites for hydroxylation is 1. The van der Waals surface area contributed by atoms with E-state index in [4.69, 9.17) is 5.73 Å². The minimum Gasteiger partial charge on any atom is -0.389 e. The van der Waals surface area contributed by atoms with Crippen LogP contribution in [-0.2, 0) is 7.05 Å². The normalized spacial score (nSPS) is 23.7. The number of nitrogens with one attached hydrogen (secondary N) is 3. The third-order valence-electron chi connectivity index (χ3n) is 5.64. The standard InChI is InChI=1S/C16H23N7.C5H11N/c1-3-18-11-4-6-12(7-5-11)21-16-19-9-8-14(22-16)13-10-20-23(2)15(13)17;1-5-3-2-4-6-5/h3,8-12,18H,1,4-7,17H2,2H3,(H,19,21,22);5-6H,2-4H2,1H3. The number of hydrogen-bond acceptors (Lipinski definition) is 7. The maximum absolute atomic E-state index is 6.02. The van der Waals surface area contributed by atoms with Crippen molar-refractivity contribution in [3.63, 3.8) is 0 Å². The number of anilines is 2. The Morgan fingerprint density at radius 1 is 1.24 bits per heavy atom. The predicted octanol–water partition coefficient (Wildman–Crippen LogP) is 2.67. The molecule has 1 atom stereocenters. The first-order valence-corrected chi connectivity index (χ1v) is 10.5. The highest BCUT2D eigenvalue weighted by molar-refractivity contribution is 5.70. The van der Waals surface area contributed by atoms with Crippen LogP contribution in [0.15, 0.2) is 31.2 Å². The van der Waals surface area contributed by atoms with Crippen molar-refractivity contribution >= 4 is 11.8 Å². The van der Waals surface area contributed by atoms with Crippen molar-refractivity contribution in [1.29, 1.82) is 0 Å². The fourth-order valence-corrected chi connectivity index (χ4v) is 3.84. The number of nitrogen functional groups attached to an aromatic ring is 1. The number of rotatable bonds is 5. The smallest absolute Gasteiger partial charge is 0.223 e. The maximum atomic E-state index is 6.02. The molecule has 1 unspecified atom stereocenters. The van der Waals surface area contributed by atoms with E-state index in [2.05, 4.69) is 44.5 Å². The van der Waals surface area contributed by atoms with E-state index in [-0.39, 0.29) is 0 Å². The van der Waals surface area contributed by atoms with Crippen molar-refractivity contribution in [1.82, 2.24) is 30.4 Å². The van der Waals surface area contributed by atoms with Gasteiger partial charge in [-0.05, 0) is 64.3 Å². The summed E-state index contributed by atoms with van der Waals surface area (Å²) in [6, 6.07) is 3.58. The molecule has 29 heavy (non-hydrogen) atoms. The molecule has 2 aliphatic rings. The highest BCUT2D eigenvalue weighted by Crippen LogP contribution is 2.25. The summed E-state index contributed by atoms with van der Waals surface area (Å²) in [6.45, 7) is 7.19. The first-order chi connectivity index (χ1) is 14.1. The zero-order valence-corrected chi connectivity index (χ0v) is 17.6. The molecule has 2 fully saturated rings. The summed E-state index contributed by atoms with van der Waals surface area (Å²) in [7, 11) is 1.81. The van der Waals surface area contributed by atoms with Crippen LogP contribution in [0.2, 0.25) is 0 Å². The molecule has 1 saturated heterocycles. The minimum atomic E-state index is 0.402. The monoisotopic (exact) mass is 398 g/mol. The van der Waals surface area contributed by atoms with E-state index in [9.17, 15) is 0 Å². The Bertz CT molecular complexity index is 773. The highest BCUT2D eigenvalue weighted by atomic mass is 15.3. The summed E-state index contributed by atoms with van der Waals surface area (Å²) in [6.07, 6.45) is 12.4. The Hall–Kier alpha value is -2.61. The van der Waals surface area contributed by atoms with Crippen LogP contribution in [0.25, 0.3) is 11.3 Å². The number of nitrogens with two attached hydrogens (primary N) is 1. The minimum absolute atomic E-state index is 0.402. The van der Waals surface area contributed by atoms with Gasteiger partial charge in [-0.2, -0.15) is 5.10 Å². The van der Waals surface area contributed by atoms with E-state index in [1.54, 1.807) is 23.3 Å². The molecule has 0 amide bonds. The van der Waals surface area contributed by atoms with Gasteiger partial charge in [-0.1, -0.05) is 6.58 Å². The van der Waals surface area contributed by atoms with E-state index >= 15 is 0 Å². The van der Waals surface area contributed by atoms with Crippen LogP contribution in [0.1, 0.15) is 45.4 Å². The van der Waals surface area contributed by atoms with Gasteiger partial charge in [0, 0.05) is 31.4 Å². The van der Waals surface area contributed by atoms with Gasteiger partial charge in [0.15, 0.2) is 0 Å². The fraction of sp³-hybridized carbons (Fsp3) is 0.571. The number of hydrogen-bond donors (Lipinski definition) is 4. The van der Waals surface area contributed by atoms with Gasteiger partial charge >= 0.3 is 0 Å². The molecule has 1 saturated carbocycles. The zero-order chi connectivity index (χ0) is 20.6. The van der Waals surface area contributed by atoms with Gasteiger partial charge in [-0.15, -0.1) is 0 Å². The van der Waals surface area contributed by atoms with Gasteiger partial charge in [0.25, 0.3) is 0 Å². The van der Waals surface area contributed by atoms with Crippen molar-refractivity contribution in [2.24, 2.45) is 7.05 Å². The average Bonchev–Trinajstić information content (AvgIpc) is 3.33. The Labute approximate surface area is 173 Å². The molecule has 0 radical (unpaired) electrons. The molecule has 8 nitrogen and oxygen atoms in total. The van der Waals surface area contributed by atoms with Crippen LogP contribution in [-0.4, -0.2) is 44.4 Å². The summed E-state index contributed by atoms with van der Waals surface area (Å²) in [5.74, 6) is 1.25. The molecule has 0 aromatic carbocycles. The molecule has 4 rings (SSSR count). The second-order valence-corrected chi connectivity index (χ2v) is 7.89. The van der Waals surface area contributed by atoms with Crippen LogP contribution in [0.4, 0.5) is 11.8 Å². The average molecular weight is 399 g/mol. The quantitative estimate of drug-likeness (QED) is 0.613. The molecule has 5 N–H and O–H groups in total. The molecule has 1 aliphatic carbocycles. The lowest BCUT2D eigenvalue weighted by Crippen LogP contribution is -2.34. The molecule has 0 spiro atoms. The molecule has 3 heterocycles. The molecule has 158 valence electrons. The Kier molecular flexibility index (Phi) is 7.46. The van der Waals surface area contributed by atoms with Gasteiger partial charge in [0.2, 0.25) is 5.95 Å². The predicted molar refractivity (Wildman–Crippen MR) is 118 cm³/mol. The molecule has 0 bridgehead atoms. The Morgan fingerprint density at radius 3 is 2.55 bits per heavy atom. The van der Waals surface area contributed by atoms with Crippen LogP contribution in [0.5, 0.6) is 0 Å². The SMILES string of the molecule is C=CNC1CCC(Nc2nccc(-c3cnn(C)c3N)n2)CC1.CC1CCCN1. The van der Waals surface area contributed by atoms with Crippen LogP contribution >= 0.6 is 0 Å². The second kappa shape index (κ2) is 10.2. The van der Waals surface area contributed by atoms with Gasteiger partial charge in [0.1, 0.15) is 5.82 Å². The maximum Gasteiger partial charge on any atom is 0.223 e. The van der Waals surface area contributed by atoms with E-state index in [0.717, 1.165) is 43.0 Å². The van der Waals surface area contributed by atoms with E-state index < -0.39 is 0 Å². The summed E-state index contributed by atoms with van der Waals surface area (Å²) in [5, 5.41) is 14.2. The number of aromatic nitrogens is 4. The van der Waals surface area contributed by atoms with Crippen LogP contribution in [0.3, 0.4) is 0 Å². The van der Waals surface area contributed by atoms with Crippen molar-refractivity contribution in [3.05, 3.63) is 31.2 Å². The van der Waals surface area contributed by atoms with E-state index in [0.29, 0.717) is 23.8 Å². The Morgan fingerprint density at radius 2 is 2.00 bits per heavy atom. The zero-order valence-electron chi connectivity index (χ0n) is 17.6. The lowest BCUT2D eigenvalue weighted by atomic mass is 9.91. The highest BCUT2D eigenvalue weighted by Gasteiger charge is 2.21. The van der Waals surface area contributed by atoms with E-state index in [1.807, 2.05) is 13.1 Å². The lowest BCUT2D eigenvalue weighted by Gasteiger charge is -2.29. The van der Waals surface area contributed by atoms with Crippen molar-refractivity contribution in [2.75, 3.05) is 17.6 Å². The second-order valence-electron chi connectivity index (χ2n) is 7.89. The summed E-state index contributed by atoms with van der Waals surface area (Å²) in [4.78, 5) is 8.91. The van der Waals surface area contributed by atoms with Gasteiger partial charge in [-0.25, -0.2) is 9.97 Å². The third-order valence-corrected chi connectivity index (χ3v) is 5.64. The number of nitrogens with zero attached hydrogens (tertiary/aromatic N) is 4. The molecule has 2 aromatic rings. The molecule has 8 heteroatoms. The third kappa shape index (κ3) is 5.93. The molecule has 1 aliphatic heterocycles. The molecular formula is C21H34N8. The largest absolute Gasteiger partial charge is 0.389 e. The lowest BCUT2D eigenvalue weighted by molar-refractivity contribution is 0.379. The Balaban J connectivity index is 0.000000343. The summed E-state index contributed by atoms with van der Waals surface area (Å²) in [5.41, 5.74) is 7.63. The van der Waals surface area contributed by atoms with Crippen LogP contribution in [0, 0.1) is 0 Å². The first kappa shape index (κ1) is 21.1. The van der Waals surface area contributed by atoms with Gasteiger partial charge in [0.05, 0.1) is 17.5 Å². The fourth-order valence-electron chi connectivity index (χ4n) is 3.84. The topological polar surface area (TPSA) is 106 Å². The van der Waals surface area contributed by atoms with E-state index in [1.165, 1.54) is 19.4 Å². The molecule has 2 aromatic heterocycles. The summed E-state index contributed by atoms with van der Waals surface area (Å²) < 4.78 is 1.64. The van der Waals surface area contributed by atoms with Crippen molar-refractivity contribution < 1.29 is 0 Å². The van der Waals surface area contributed by atoms with Gasteiger partial charge < -0.3 is 21.7 Å². The molecular weight excluding hydrogens is 364 g/mol. The first-order valence-electron chi connectivity index (χ1n) is 10.5. The summed E-state index contributed by atoms with van der Waals surface area (Å²) >= 11 is 0. The van der Waals surface area contributed by atoms with Gasteiger partial charge in [-0.3, -0.25) is 4.68 Å². The van der Waals surface area contributed by atoms with Crippen molar-refractivity contribution in [2.45, 2.75) is 63.6 Å². The van der Waals surface area contributed by atoms with Crippen LogP contribution < -0.4 is 21.7 Å². The van der Waals surface area contributed by atoms with Crippen molar-refractivity contribution in [3.8, 4) is 11.3 Å².